The summed E-state index contributed by atoms with van der Waals surface area (Å²) in [6.45, 7) is 1.95. The Bertz CT molecular complexity index is 1740. The third kappa shape index (κ3) is 6.06. The molecule has 226 valence electrons. The van der Waals surface area contributed by atoms with Gasteiger partial charge in [-0.2, -0.15) is 0 Å². The van der Waals surface area contributed by atoms with E-state index in [1.54, 1.807) is 9.58 Å². The first kappa shape index (κ1) is 29.1. The lowest BCUT2D eigenvalue weighted by Crippen LogP contribution is -2.47. The monoisotopic (exact) mass is 590 g/mol. The Morgan fingerprint density at radius 1 is 1.00 bits per heavy atom. The molecule has 0 bridgehead atoms. The molecule has 44 heavy (non-hydrogen) atoms. The molecule has 0 aliphatic heterocycles. The van der Waals surface area contributed by atoms with Crippen LogP contribution in [-0.4, -0.2) is 57.1 Å². The van der Waals surface area contributed by atoms with Crippen LogP contribution in [0.5, 0.6) is 0 Å². The van der Waals surface area contributed by atoms with Crippen LogP contribution in [0.2, 0.25) is 0 Å². The SMILES string of the molecule is Cc1cc(N(C(=O)Cc2c[nH]c3ccccc23)C(C(=O)NC2CCCCC2)c2ccc(N(C)C)cc2)ccc1-n1cnnn1. The van der Waals surface area contributed by atoms with Gasteiger partial charge in [-0.15, -0.1) is 5.10 Å². The number of H-pyrrole nitrogens is 1. The molecule has 3 aromatic carbocycles. The van der Waals surface area contributed by atoms with Crippen molar-refractivity contribution < 1.29 is 9.59 Å². The number of anilines is 2. The van der Waals surface area contributed by atoms with Gasteiger partial charge in [-0.05, 0) is 83.3 Å². The van der Waals surface area contributed by atoms with Gasteiger partial charge in [-0.25, -0.2) is 4.68 Å². The van der Waals surface area contributed by atoms with E-state index in [9.17, 15) is 9.59 Å². The second kappa shape index (κ2) is 12.7. The Hall–Kier alpha value is -4.99. The molecule has 0 spiro atoms. The zero-order chi connectivity index (χ0) is 30.6. The second-order valence-corrected chi connectivity index (χ2v) is 11.8. The highest BCUT2D eigenvalue weighted by Gasteiger charge is 2.34. The van der Waals surface area contributed by atoms with Crippen LogP contribution in [0.25, 0.3) is 16.6 Å². The minimum atomic E-state index is -0.871. The maximum atomic E-state index is 14.6. The lowest BCUT2D eigenvalue weighted by atomic mass is 9.94. The van der Waals surface area contributed by atoms with Crippen LogP contribution in [0, 0.1) is 6.92 Å². The number of tetrazole rings is 1. The van der Waals surface area contributed by atoms with Gasteiger partial charge in [0.15, 0.2) is 0 Å². The highest BCUT2D eigenvalue weighted by molar-refractivity contribution is 6.03. The van der Waals surface area contributed by atoms with Crippen LogP contribution >= 0.6 is 0 Å². The Morgan fingerprint density at radius 3 is 2.45 bits per heavy atom. The summed E-state index contributed by atoms with van der Waals surface area (Å²) >= 11 is 0. The number of amides is 2. The minimum absolute atomic E-state index is 0.0919. The highest BCUT2D eigenvalue weighted by atomic mass is 16.2. The normalized spacial score (nSPS) is 14.3. The summed E-state index contributed by atoms with van der Waals surface area (Å²) in [6, 6.07) is 20.7. The number of para-hydroxylation sites is 1. The Balaban J connectivity index is 1.44. The molecular formula is C34H38N8O2. The summed E-state index contributed by atoms with van der Waals surface area (Å²) in [7, 11) is 3.96. The molecule has 1 atom stereocenters. The maximum absolute atomic E-state index is 14.6. The van der Waals surface area contributed by atoms with Crippen molar-refractivity contribution in [1.29, 1.82) is 0 Å². The minimum Gasteiger partial charge on any atom is -0.378 e. The van der Waals surface area contributed by atoms with E-state index in [0.717, 1.165) is 64.7 Å². The molecule has 1 aliphatic carbocycles. The van der Waals surface area contributed by atoms with Gasteiger partial charge >= 0.3 is 0 Å². The molecule has 1 saturated carbocycles. The van der Waals surface area contributed by atoms with Crippen LogP contribution in [-0.2, 0) is 16.0 Å². The molecule has 5 aromatic rings. The van der Waals surface area contributed by atoms with Gasteiger partial charge in [-0.1, -0.05) is 49.6 Å². The first-order chi connectivity index (χ1) is 21.4. The van der Waals surface area contributed by atoms with E-state index in [1.807, 2.05) is 98.8 Å². The van der Waals surface area contributed by atoms with Crippen LogP contribution in [0.3, 0.4) is 0 Å². The molecule has 1 aliphatic rings. The Kier molecular flexibility index (Phi) is 8.40. The lowest BCUT2D eigenvalue weighted by molar-refractivity contribution is -0.127. The fourth-order valence-corrected chi connectivity index (χ4v) is 6.18. The third-order valence-corrected chi connectivity index (χ3v) is 8.52. The number of aryl methyl sites for hydroxylation is 1. The number of benzene rings is 3. The first-order valence-electron chi connectivity index (χ1n) is 15.2. The van der Waals surface area contributed by atoms with Crippen molar-refractivity contribution in [2.45, 2.75) is 57.5 Å². The quantitative estimate of drug-likeness (QED) is 0.242. The number of nitrogens with zero attached hydrogens (tertiary/aromatic N) is 6. The van der Waals surface area contributed by atoms with E-state index in [4.69, 9.17) is 0 Å². The molecule has 1 fully saturated rings. The standard InChI is InChI=1S/C34H38N8O2/c1-23-19-28(17-18-31(23)41-22-36-38-39-41)42(32(43)20-25-21-35-30-12-8-7-11-29(25)30)33(24-13-15-27(16-14-24)40(2)3)34(44)37-26-9-5-4-6-10-26/h7-8,11-19,21-22,26,33,35H,4-6,9-10,20H2,1-3H3,(H,37,44). The number of rotatable bonds is 9. The molecule has 2 heterocycles. The van der Waals surface area contributed by atoms with Crippen LogP contribution in [0.4, 0.5) is 11.4 Å². The number of aromatic amines is 1. The van der Waals surface area contributed by atoms with Crippen LogP contribution in [0.1, 0.15) is 54.8 Å². The topological polar surface area (TPSA) is 112 Å². The van der Waals surface area contributed by atoms with Gasteiger partial charge in [0.05, 0.1) is 12.1 Å². The van der Waals surface area contributed by atoms with Crippen molar-refractivity contribution in [2.75, 3.05) is 23.9 Å². The number of hydrogen-bond acceptors (Lipinski definition) is 6. The average Bonchev–Trinajstić information content (AvgIpc) is 3.71. The maximum Gasteiger partial charge on any atom is 0.248 e. The van der Waals surface area contributed by atoms with Crippen LogP contribution < -0.4 is 15.1 Å². The summed E-state index contributed by atoms with van der Waals surface area (Å²) in [5.74, 6) is -0.353. The molecule has 2 aromatic heterocycles. The predicted octanol–water partition coefficient (Wildman–Crippen LogP) is 5.28. The molecule has 6 rings (SSSR count). The van der Waals surface area contributed by atoms with E-state index in [2.05, 4.69) is 25.8 Å². The van der Waals surface area contributed by atoms with Gasteiger partial charge in [0.2, 0.25) is 11.8 Å². The third-order valence-electron chi connectivity index (χ3n) is 8.52. The van der Waals surface area contributed by atoms with Gasteiger partial charge < -0.3 is 15.2 Å². The molecule has 0 radical (unpaired) electrons. The van der Waals surface area contributed by atoms with E-state index in [-0.39, 0.29) is 24.3 Å². The van der Waals surface area contributed by atoms with E-state index < -0.39 is 6.04 Å². The molecule has 0 saturated heterocycles. The molecular weight excluding hydrogens is 552 g/mol. The van der Waals surface area contributed by atoms with Crippen molar-refractivity contribution in [3.05, 3.63) is 95.9 Å². The number of carbonyl (C=O) groups is 2. The van der Waals surface area contributed by atoms with E-state index in [0.29, 0.717) is 5.69 Å². The average molecular weight is 591 g/mol. The molecule has 10 heteroatoms. The number of carbonyl (C=O) groups excluding carboxylic acids is 2. The first-order valence-corrected chi connectivity index (χ1v) is 15.2. The van der Waals surface area contributed by atoms with Crippen molar-refractivity contribution in [1.82, 2.24) is 30.5 Å². The van der Waals surface area contributed by atoms with Crippen molar-refractivity contribution in [3.63, 3.8) is 0 Å². The second-order valence-electron chi connectivity index (χ2n) is 11.8. The Morgan fingerprint density at radius 2 is 1.75 bits per heavy atom. The fraction of sp³-hybridized carbons (Fsp3) is 0.324. The summed E-state index contributed by atoms with van der Waals surface area (Å²) in [4.78, 5) is 35.9. The Labute approximate surface area is 257 Å². The summed E-state index contributed by atoms with van der Waals surface area (Å²) in [5.41, 5.74) is 5.90. The molecule has 10 nitrogen and oxygen atoms in total. The number of hydrogen-bond donors (Lipinski definition) is 2. The number of aromatic nitrogens is 5. The predicted molar refractivity (Wildman–Crippen MR) is 172 cm³/mol. The van der Waals surface area contributed by atoms with E-state index in [1.165, 1.54) is 12.7 Å². The number of nitrogens with one attached hydrogen (secondary N) is 2. The zero-order valence-electron chi connectivity index (χ0n) is 25.4. The smallest absolute Gasteiger partial charge is 0.248 e. The molecule has 2 N–H and O–H groups in total. The zero-order valence-corrected chi connectivity index (χ0v) is 25.4. The number of fused-ring (bicyclic) bond motifs is 1. The highest BCUT2D eigenvalue weighted by Crippen LogP contribution is 2.33. The van der Waals surface area contributed by atoms with Gasteiger partial charge in [-0.3, -0.25) is 14.5 Å². The van der Waals surface area contributed by atoms with Crippen LogP contribution in [0.15, 0.2) is 79.3 Å². The van der Waals surface area contributed by atoms with Gasteiger partial charge in [0.1, 0.15) is 12.4 Å². The summed E-state index contributed by atoms with van der Waals surface area (Å²) < 4.78 is 1.59. The van der Waals surface area contributed by atoms with Crippen molar-refractivity contribution >= 4 is 34.1 Å². The molecule has 1 unspecified atom stereocenters. The summed E-state index contributed by atoms with van der Waals surface area (Å²) in [5, 5.41) is 15.9. The fourth-order valence-electron chi connectivity index (χ4n) is 6.18. The molecule has 2 amide bonds. The largest absolute Gasteiger partial charge is 0.378 e. The lowest BCUT2D eigenvalue weighted by Gasteiger charge is -2.34. The van der Waals surface area contributed by atoms with Crippen molar-refractivity contribution in [3.8, 4) is 5.69 Å². The van der Waals surface area contributed by atoms with Gasteiger partial charge in [0, 0.05) is 48.6 Å². The van der Waals surface area contributed by atoms with Crippen molar-refractivity contribution in [2.24, 2.45) is 0 Å². The summed E-state index contributed by atoms with van der Waals surface area (Å²) in [6.07, 6.45) is 8.81. The van der Waals surface area contributed by atoms with Gasteiger partial charge in [0.25, 0.3) is 0 Å². The van der Waals surface area contributed by atoms with E-state index >= 15 is 0 Å².